The largest absolute Gasteiger partial charge is 0.493 e. The zero-order valence-corrected chi connectivity index (χ0v) is 16.2. The summed E-state index contributed by atoms with van der Waals surface area (Å²) in [5.74, 6) is 1.60. The monoisotopic (exact) mass is 397 g/mol. The van der Waals surface area contributed by atoms with E-state index in [9.17, 15) is 9.50 Å². The fourth-order valence-corrected chi connectivity index (χ4v) is 3.67. The van der Waals surface area contributed by atoms with E-state index in [1.807, 2.05) is 35.0 Å². The van der Waals surface area contributed by atoms with E-state index in [-0.39, 0.29) is 18.5 Å². The van der Waals surface area contributed by atoms with Crippen LogP contribution >= 0.6 is 0 Å². The van der Waals surface area contributed by atoms with Crippen LogP contribution in [0.25, 0.3) is 11.4 Å². The van der Waals surface area contributed by atoms with Crippen LogP contribution in [0.1, 0.15) is 18.0 Å². The molecule has 1 aliphatic heterocycles. The van der Waals surface area contributed by atoms with Crippen molar-refractivity contribution in [2.24, 2.45) is 0 Å². The summed E-state index contributed by atoms with van der Waals surface area (Å²) in [6, 6.07) is 11.9. The van der Waals surface area contributed by atoms with Gasteiger partial charge >= 0.3 is 0 Å². The molecule has 0 radical (unpaired) electrons. The highest BCUT2D eigenvalue weighted by atomic mass is 19.1. The predicted molar refractivity (Wildman–Crippen MR) is 107 cm³/mol. The second-order valence-electron chi connectivity index (χ2n) is 7.07. The van der Waals surface area contributed by atoms with Crippen LogP contribution in [0.3, 0.4) is 0 Å². The zero-order chi connectivity index (χ0) is 20.2. The molecular formula is C22H24FN3O3. The molecule has 29 heavy (non-hydrogen) atoms. The van der Waals surface area contributed by atoms with Crippen molar-refractivity contribution in [3.05, 3.63) is 66.2 Å². The first-order valence-corrected chi connectivity index (χ1v) is 9.63. The van der Waals surface area contributed by atoms with Crippen molar-refractivity contribution in [3.63, 3.8) is 0 Å². The van der Waals surface area contributed by atoms with Gasteiger partial charge in [0.05, 0.1) is 19.3 Å². The number of methoxy groups -OCH3 is 1. The maximum Gasteiger partial charge on any atom is 0.162 e. The van der Waals surface area contributed by atoms with E-state index >= 15 is 0 Å². The van der Waals surface area contributed by atoms with Gasteiger partial charge in [-0.05, 0) is 48.9 Å². The van der Waals surface area contributed by atoms with Crippen molar-refractivity contribution in [1.82, 2.24) is 14.9 Å². The minimum absolute atomic E-state index is 0.0347. The lowest BCUT2D eigenvalue weighted by Gasteiger charge is -2.30. The lowest BCUT2D eigenvalue weighted by atomic mass is 10.0. The summed E-state index contributed by atoms with van der Waals surface area (Å²) in [6.45, 7) is 1.63. The second kappa shape index (κ2) is 8.63. The fourth-order valence-electron chi connectivity index (χ4n) is 3.67. The average Bonchev–Trinajstić information content (AvgIpc) is 3.22. The topological polar surface area (TPSA) is 68.5 Å². The summed E-state index contributed by atoms with van der Waals surface area (Å²) in [5.41, 5.74) is 1.59. The van der Waals surface area contributed by atoms with Crippen LogP contribution in [-0.4, -0.2) is 41.0 Å². The maximum atomic E-state index is 13.4. The molecule has 1 saturated heterocycles. The average molecular weight is 397 g/mol. The summed E-state index contributed by atoms with van der Waals surface area (Å²) >= 11 is 0. The molecule has 4 rings (SSSR count). The Labute approximate surface area is 168 Å². The lowest BCUT2D eigenvalue weighted by Crippen LogP contribution is -2.41. The number of benzene rings is 2. The Morgan fingerprint density at radius 3 is 2.93 bits per heavy atom. The zero-order valence-electron chi connectivity index (χ0n) is 16.2. The third kappa shape index (κ3) is 4.26. The molecule has 152 valence electrons. The number of ether oxygens (including phenoxy) is 2. The minimum Gasteiger partial charge on any atom is -0.493 e. The number of nitrogens with zero attached hydrogens (tertiary/aromatic N) is 2. The molecule has 2 atom stereocenters. The van der Waals surface area contributed by atoms with E-state index < -0.39 is 6.10 Å². The molecule has 2 aromatic carbocycles. The van der Waals surface area contributed by atoms with Crippen LogP contribution < -0.4 is 14.8 Å². The molecule has 2 heterocycles. The van der Waals surface area contributed by atoms with Gasteiger partial charge in [0.2, 0.25) is 0 Å². The number of β-amino-alcohol motifs (C(OH)–C–C–N with tert-alkyl or cyclic N) is 1. The van der Waals surface area contributed by atoms with Gasteiger partial charge in [-0.25, -0.2) is 9.37 Å². The number of aliphatic hydroxyl groups excluding tert-OH is 1. The van der Waals surface area contributed by atoms with Crippen LogP contribution in [0.2, 0.25) is 0 Å². The highest BCUT2D eigenvalue weighted by molar-refractivity contribution is 5.61. The first-order chi connectivity index (χ1) is 14.2. The Kier molecular flexibility index (Phi) is 5.78. The van der Waals surface area contributed by atoms with Gasteiger partial charge in [0.25, 0.3) is 0 Å². The number of rotatable bonds is 6. The van der Waals surface area contributed by atoms with Crippen LogP contribution in [0, 0.1) is 5.82 Å². The summed E-state index contributed by atoms with van der Waals surface area (Å²) in [6.07, 6.45) is 3.98. The number of hydrogen-bond acceptors (Lipinski definition) is 5. The molecular weight excluding hydrogens is 373 g/mol. The molecule has 0 amide bonds. The van der Waals surface area contributed by atoms with E-state index in [4.69, 9.17) is 9.47 Å². The Hall–Kier alpha value is -2.90. The molecule has 6 nitrogen and oxygen atoms in total. The Balaban J connectivity index is 1.61. The van der Waals surface area contributed by atoms with Crippen molar-refractivity contribution < 1.29 is 19.0 Å². The normalized spacial score (nSPS) is 19.1. The van der Waals surface area contributed by atoms with Crippen LogP contribution in [0.5, 0.6) is 11.5 Å². The molecule has 1 aliphatic rings. The molecule has 0 bridgehead atoms. The third-order valence-corrected chi connectivity index (χ3v) is 5.15. The van der Waals surface area contributed by atoms with Gasteiger partial charge in [0.15, 0.2) is 11.5 Å². The number of aliphatic hydroxyl groups is 1. The number of nitrogens with one attached hydrogen (secondary N) is 1. The highest BCUT2D eigenvalue weighted by Gasteiger charge is 2.26. The van der Waals surface area contributed by atoms with E-state index in [0.29, 0.717) is 18.0 Å². The Bertz CT molecular complexity index is 975. The molecule has 1 aromatic heterocycles. The molecule has 0 unspecified atom stereocenters. The van der Waals surface area contributed by atoms with Gasteiger partial charge in [-0.2, -0.15) is 0 Å². The van der Waals surface area contributed by atoms with Crippen LogP contribution in [-0.2, 0) is 6.61 Å². The first kappa shape index (κ1) is 19.4. The van der Waals surface area contributed by atoms with Crippen molar-refractivity contribution in [2.75, 3.05) is 20.2 Å². The van der Waals surface area contributed by atoms with E-state index in [0.717, 1.165) is 29.9 Å². The van der Waals surface area contributed by atoms with E-state index in [1.165, 1.54) is 12.1 Å². The number of imidazole rings is 1. The van der Waals surface area contributed by atoms with Gasteiger partial charge in [-0.3, -0.25) is 0 Å². The molecule has 3 aromatic rings. The molecule has 0 aliphatic carbocycles. The quantitative estimate of drug-likeness (QED) is 0.669. The van der Waals surface area contributed by atoms with E-state index in [2.05, 4.69) is 10.3 Å². The molecule has 1 fully saturated rings. The fraction of sp³-hybridized carbons (Fsp3) is 0.318. The second-order valence-corrected chi connectivity index (χ2v) is 7.07. The number of aromatic nitrogens is 2. The van der Waals surface area contributed by atoms with Gasteiger partial charge in [-0.1, -0.05) is 12.1 Å². The van der Waals surface area contributed by atoms with Crippen molar-refractivity contribution in [3.8, 4) is 22.9 Å². The number of halogens is 1. The Morgan fingerprint density at radius 2 is 2.14 bits per heavy atom. The smallest absolute Gasteiger partial charge is 0.162 e. The SMILES string of the molecule is COc1ccc(-c2nccn2[C@H]2CCNC[C@@H]2O)cc1OCc1cccc(F)c1. The Morgan fingerprint density at radius 1 is 1.24 bits per heavy atom. The maximum absolute atomic E-state index is 13.4. The lowest BCUT2D eigenvalue weighted by molar-refractivity contribution is 0.0880. The molecule has 2 N–H and O–H groups in total. The molecule has 0 spiro atoms. The van der Waals surface area contributed by atoms with Gasteiger partial charge in [0.1, 0.15) is 18.2 Å². The summed E-state index contributed by atoms with van der Waals surface area (Å²) in [4.78, 5) is 4.51. The highest BCUT2D eigenvalue weighted by Crippen LogP contribution is 2.34. The summed E-state index contributed by atoms with van der Waals surface area (Å²) in [5, 5.41) is 13.6. The molecule has 0 saturated carbocycles. The number of piperidine rings is 1. The van der Waals surface area contributed by atoms with Crippen molar-refractivity contribution >= 4 is 0 Å². The van der Waals surface area contributed by atoms with Gasteiger partial charge in [-0.15, -0.1) is 0 Å². The van der Waals surface area contributed by atoms with Gasteiger partial charge in [0, 0.05) is 24.5 Å². The van der Waals surface area contributed by atoms with Gasteiger partial charge < -0.3 is 24.5 Å². The van der Waals surface area contributed by atoms with Crippen LogP contribution in [0.15, 0.2) is 54.9 Å². The minimum atomic E-state index is -0.473. The first-order valence-electron chi connectivity index (χ1n) is 9.63. The summed E-state index contributed by atoms with van der Waals surface area (Å²) in [7, 11) is 1.58. The number of hydrogen-bond donors (Lipinski definition) is 2. The standard InChI is InChI=1S/C22H24FN3O3/c1-28-20-6-5-16(12-21(20)29-14-15-3-2-4-17(23)11-15)22-25-9-10-26(22)18-7-8-24-13-19(18)27/h2-6,9-12,18-19,24,27H,7-8,13-14H2,1H3/t18-,19-/m0/s1. The summed E-state index contributed by atoms with van der Waals surface area (Å²) < 4.78 is 26.8. The van der Waals surface area contributed by atoms with Crippen LogP contribution in [0.4, 0.5) is 4.39 Å². The third-order valence-electron chi connectivity index (χ3n) is 5.15. The van der Waals surface area contributed by atoms with Crippen molar-refractivity contribution in [1.29, 1.82) is 0 Å². The predicted octanol–water partition coefficient (Wildman–Crippen LogP) is 3.17. The molecule has 7 heteroatoms. The van der Waals surface area contributed by atoms with Crippen molar-refractivity contribution in [2.45, 2.75) is 25.2 Å². The van der Waals surface area contributed by atoms with E-state index in [1.54, 1.807) is 19.4 Å².